The van der Waals surface area contributed by atoms with Crippen molar-refractivity contribution < 1.29 is 18.0 Å². The van der Waals surface area contributed by atoms with Gasteiger partial charge >= 0.3 is 0 Å². The lowest BCUT2D eigenvalue weighted by Crippen LogP contribution is -2.30. The van der Waals surface area contributed by atoms with Crippen LogP contribution in [0.4, 0.5) is 5.69 Å². The van der Waals surface area contributed by atoms with E-state index >= 15 is 0 Å². The third kappa shape index (κ3) is 4.89. The molecule has 1 aromatic heterocycles. The monoisotopic (exact) mass is 489 g/mol. The molecule has 3 rings (SSSR count). The Morgan fingerprint density at radius 2 is 1.63 bits per heavy atom. The van der Waals surface area contributed by atoms with Gasteiger partial charge in [-0.05, 0) is 61.5 Å². The van der Waals surface area contributed by atoms with Crippen molar-refractivity contribution >= 4 is 43.1 Å². The lowest BCUT2D eigenvalue weighted by molar-refractivity contribution is -0.117. The molecule has 154 valence electrons. The van der Waals surface area contributed by atoms with Crippen LogP contribution in [0.25, 0.3) is 0 Å². The van der Waals surface area contributed by atoms with Crippen molar-refractivity contribution in [2.75, 3.05) is 5.32 Å². The van der Waals surface area contributed by atoms with Crippen molar-refractivity contribution in [3.8, 4) is 0 Å². The molecule has 3 aromatic rings. The van der Waals surface area contributed by atoms with Gasteiger partial charge in [-0.3, -0.25) is 14.4 Å². The van der Waals surface area contributed by atoms with Gasteiger partial charge in [0, 0.05) is 21.8 Å². The van der Waals surface area contributed by atoms with Crippen LogP contribution < -0.4 is 10.9 Å². The predicted octanol–water partition coefficient (Wildman–Crippen LogP) is 2.68. The van der Waals surface area contributed by atoms with E-state index in [1.54, 1.807) is 36.4 Å². The minimum atomic E-state index is -3.96. The standard InChI is InChI=1S/C20H16BrN3O5S/c1-13(25)14-2-6-16(7-3-14)22-18(26)12-24-20(27)11-10-19(23-24)30(28,29)17-8-4-15(21)5-9-17/h2-11H,12H2,1H3,(H,22,26). The van der Waals surface area contributed by atoms with Gasteiger partial charge < -0.3 is 5.32 Å². The molecule has 0 bridgehead atoms. The van der Waals surface area contributed by atoms with E-state index in [-0.39, 0.29) is 15.7 Å². The van der Waals surface area contributed by atoms with E-state index in [0.29, 0.717) is 15.7 Å². The SMILES string of the molecule is CC(=O)c1ccc(NC(=O)Cn2nc(S(=O)(=O)c3ccc(Br)cc3)ccc2=O)cc1. The molecule has 8 nitrogen and oxygen atoms in total. The number of carbonyl (C=O) groups is 2. The Hall–Kier alpha value is -3.11. The summed E-state index contributed by atoms with van der Waals surface area (Å²) in [6.07, 6.45) is 0. The quantitative estimate of drug-likeness (QED) is 0.532. The molecule has 0 spiro atoms. The summed E-state index contributed by atoms with van der Waals surface area (Å²) in [5.41, 5.74) is 0.306. The molecular weight excluding hydrogens is 474 g/mol. The number of halogens is 1. The topological polar surface area (TPSA) is 115 Å². The van der Waals surface area contributed by atoms with Crippen molar-refractivity contribution in [3.63, 3.8) is 0 Å². The van der Waals surface area contributed by atoms with Crippen LogP contribution in [0.3, 0.4) is 0 Å². The first-order valence-corrected chi connectivity index (χ1v) is 10.9. The third-order valence-corrected chi connectivity index (χ3v) is 6.30. The van der Waals surface area contributed by atoms with Crippen LogP contribution in [-0.2, 0) is 21.2 Å². The van der Waals surface area contributed by atoms with E-state index in [1.807, 2.05) is 0 Å². The summed E-state index contributed by atoms with van der Waals surface area (Å²) in [5, 5.41) is 6.09. The van der Waals surface area contributed by atoms with Crippen molar-refractivity contribution in [3.05, 3.63) is 81.1 Å². The first-order valence-electron chi connectivity index (χ1n) is 8.66. The van der Waals surface area contributed by atoms with Gasteiger partial charge in [0.2, 0.25) is 15.7 Å². The third-order valence-electron chi connectivity index (χ3n) is 4.11. The molecule has 0 aliphatic heterocycles. The van der Waals surface area contributed by atoms with Crippen LogP contribution in [0.2, 0.25) is 0 Å². The minimum absolute atomic E-state index is 0.0124. The largest absolute Gasteiger partial charge is 0.324 e. The summed E-state index contributed by atoms with van der Waals surface area (Å²) in [5.74, 6) is -0.675. The molecule has 2 aromatic carbocycles. The summed E-state index contributed by atoms with van der Waals surface area (Å²) in [7, 11) is -3.96. The minimum Gasteiger partial charge on any atom is -0.324 e. The number of nitrogens with one attached hydrogen (secondary N) is 1. The fraction of sp³-hybridized carbons (Fsp3) is 0.100. The van der Waals surface area contributed by atoms with Gasteiger partial charge in [0.05, 0.1) is 4.90 Å². The fourth-order valence-corrected chi connectivity index (χ4v) is 4.00. The number of carbonyl (C=O) groups excluding carboxylic acids is 2. The van der Waals surface area contributed by atoms with E-state index in [2.05, 4.69) is 26.3 Å². The average molecular weight is 490 g/mol. The van der Waals surface area contributed by atoms with Crippen molar-refractivity contribution in [2.45, 2.75) is 23.4 Å². The number of Topliss-reactive ketones (excluding diaryl/α,β-unsaturated/α-hetero) is 1. The lowest BCUT2D eigenvalue weighted by atomic mass is 10.1. The summed E-state index contributed by atoms with van der Waals surface area (Å²) < 4.78 is 27.0. The number of hydrogen-bond acceptors (Lipinski definition) is 6. The zero-order valence-electron chi connectivity index (χ0n) is 15.7. The van der Waals surface area contributed by atoms with Crippen LogP contribution in [0.15, 0.2) is 79.9 Å². The molecule has 0 unspecified atom stereocenters. The number of rotatable bonds is 6. The summed E-state index contributed by atoms with van der Waals surface area (Å²) >= 11 is 3.24. The smallest absolute Gasteiger partial charge is 0.267 e. The maximum atomic E-state index is 12.8. The Balaban J connectivity index is 1.81. The van der Waals surface area contributed by atoms with Crippen molar-refractivity contribution in [2.24, 2.45) is 0 Å². The van der Waals surface area contributed by atoms with E-state index in [0.717, 1.165) is 16.8 Å². The molecule has 0 aliphatic rings. The highest BCUT2D eigenvalue weighted by Gasteiger charge is 2.21. The number of nitrogens with zero attached hydrogens (tertiary/aromatic N) is 2. The van der Waals surface area contributed by atoms with Gasteiger partial charge in [-0.1, -0.05) is 15.9 Å². The second-order valence-electron chi connectivity index (χ2n) is 6.31. The van der Waals surface area contributed by atoms with Crippen molar-refractivity contribution in [1.82, 2.24) is 9.78 Å². The Morgan fingerprint density at radius 1 is 1.00 bits per heavy atom. The van der Waals surface area contributed by atoms with Crippen LogP contribution in [0, 0.1) is 0 Å². The van der Waals surface area contributed by atoms with Gasteiger partial charge in [0.1, 0.15) is 6.54 Å². The highest BCUT2D eigenvalue weighted by molar-refractivity contribution is 9.10. The number of ketones is 1. The van der Waals surface area contributed by atoms with Crippen LogP contribution in [0.5, 0.6) is 0 Å². The molecule has 0 saturated heterocycles. The maximum Gasteiger partial charge on any atom is 0.267 e. The van der Waals surface area contributed by atoms with Crippen LogP contribution >= 0.6 is 15.9 Å². The molecule has 0 radical (unpaired) electrons. The van der Waals surface area contributed by atoms with Gasteiger partial charge in [-0.25, -0.2) is 13.1 Å². The summed E-state index contributed by atoms with van der Waals surface area (Å²) in [6.45, 7) is 0.956. The number of hydrogen-bond donors (Lipinski definition) is 1. The highest BCUT2D eigenvalue weighted by atomic mass is 79.9. The second kappa shape index (κ2) is 8.72. The number of benzene rings is 2. The molecule has 10 heteroatoms. The number of sulfone groups is 1. The molecule has 30 heavy (non-hydrogen) atoms. The normalized spacial score (nSPS) is 11.1. The van der Waals surface area contributed by atoms with Gasteiger partial charge in [0.25, 0.3) is 5.56 Å². The maximum absolute atomic E-state index is 12.8. The molecule has 0 fully saturated rings. The van der Waals surface area contributed by atoms with Gasteiger partial charge in [0.15, 0.2) is 10.8 Å². The van der Waals surface area contributed by atoms with E-state index in [4.69, 9.17) is 0 Å². The lowest BCUT2D eigenvalue weighted by Gasteiger charge is -2.09. The van der Waals surface area contributed by atoms with Crippen molar-refractivity contribution in [1.29, 1.82) is 0 Å². The van der Waals surface area contributed by atoms with E-state index in [1.165, 1.54) is 19.1 Å². The first kappa shape index (κ1) is 21.6. The Labute approximate surface area is 180 Å². The number of anilines is 1. The fourth-order valence-electron chi connectivity index (χ4n) is 2.55. The molecule has 0 atom stereocenters. The Kier molecular flexibility index (Phi) is 6.28. The number of amides is 1. The number of aromatic nitrogens is 2. The molecule has 0 aliphatic carbocycles. The molecule has 1 amide bonds. The molecule has 0 saturated carbocycles. The summed E-state index contributed by atoms with van der Waals surface area (Å²) in [4.78, 5) is 35.7. The Morgan fingerprint density at radius 3 is 2.23 bits per heavy atom. The molecule has 1 heterocycles. The zero-order chi connectivity index (χ0) is 21.9. The zero-order valence-corrected chi connectivity index (χ0v) is 18.1. The van der Waals surface area contributed by atoms with Gasteiger partial charge in [-0.15, -0.1) is 0 Å². The van der Waals surface area contributed by atoms with Crippen LogP contribution in [-0.4, -0.2) is 29.9 Å². The van der Waals surface area contributed by atoms with Gasteiger partial charge in [-0.2, -0.15) is 5.10 Å². The highest BCUT2D eigenvalue weighted by Crippen LogP contribution is 2.20. The second-order valence-corrected chi connectivity index (χ2v) is 9.12. The van der Waals surface area contributed by atoms with E-state index < -0.39 is 27.8 Å². The first-order chi connectivity index (χ1) is 14.2. The molecular formula is C20H16BrN3O5S. The summed E-state index contributed by atoms with van der Waals surface area (Å²) in [6, 6.07) is 14.4. The predicted molar refractivity (Wildman–Crippen MR) is 113 cm³/mol. The molecule has 1 N–H and O–H groups in total. The Bertz CT molecular complexity index is 1270. The van der Waals surface area contributed by atoms with E-state index in [9.17, 15) is 22.8 Å². The van der Waals surface area contributed by atoms with Crippen LogP contribution in [0.1, 0.15) is 17.3 Å². The average Bonchev–Trinajstić information content (AvgIpc) is 2.70.